The zero-order valence-corrected chi connectivity index (χ0v) is 10.3. The largest absolute Gasteiger partial charge is 0.454 e. The van der Waals surface area contributed by atoms with Gasteiger partial charge in [-0.2, -0.15) is 13.2 Å². The Morgan fingerprint density at radius 3 is 2.58 bits per heavy atom. The van der Waals surface area contributed by atoms with Gasteiger partial charge >= 0.3 is 6.18 Å². The minimum Gasteiger partial charge on any atom is -0.346 e. The van der Waals surface area contributed by atoms with Crippen molar-refractivity contribution in [1.29, 1.82) is 0 Å². The van der Waals surface area contributed by atoms with Gasteiger partial charge < -0.3 is 9.13 Å². The smallest absolute Gasteiger partial charge is 0.346 e. The van der Waals surface area contributed by atoms with Crippen LogP contribution in [-0.4, -0.2) is 31.3 Å². The van der Waals surface area contributed by atoms with E-state index in [9.17, 15) is 18.0 Å². The van der Waals surface area contributed by atoms with Gasteiger partial charge in [0.25, 0.3) is 5.78 Å². The Bertz CT molecular complexity index is 612. The lowest BCUT2D eigenvalue weighted by molar-refractivity contribution is -0.0885. The maximum absolute atomic E-state index is 12.3. The molecule has 0 atom stereocenters. The van der Waals surface area contributed by atoms with Gasteiger partial charge in [0.2, 0.25) is 0 Å². The number of hydrogen-bond donors (Lipinski definition) is 0. The molecule has 0 aromatic carbocycles. The molecular weight excluding hydrogens is 261 g/mol. The summed E-state index contributed by atoms with van der Waals surface area (Å²) < 4.78 is 39.9. The Hall–Kier alpha value is -2.12. The fraction of sp³-hybridized carbons (Fsp3) is 0.364. The van der Waals surface area contributed by atoms with Gasteiger partial charge in [-0.1, -0.05) is 0 Å². The fourth-order valence-electron chi connectivity index (χ4n) is 1.59. The molecular formula is C11H11F3N4O. The van der Waals surface area contributed by atoms with Gasteiger partial charge in [-0.25, -0.2) is 0 Å². The number of ketones is 1. The maximum atomic E-state index is 12.3. The standard InChI is InChI=1S/C11H11F3N4O/c1-7-15-16-9(17(7)2)6-18-4-3-8(5-18)10(19)11(12,13)14/h3-5H,6H2,1-2H3. The van der Waals surface area contributed by atoms with Crippen molar-refractivity contribution in [1.82, 2.24) is 19.3 Å². The van der Waals surface area contributed by atoms with E-state index >= 15 is 0 Å². The van der Waals surface area contributed by atoms with Crippen LogP contribution in [0, 0.1) is 6.92 Å². The molecule has 0 saturated heterocycles. The second kappa shape index (κ2) is 4.52. The van der Waals surface area contributed by atoms with Gasteiger partial charge in [0.05, 0.1) is 6.54 Å². The molecule has 8 heteroatoms. The minimum absolute atomic E-state index is 0.252. The van der Waals surface area contributed by atoms with Crippen LogP contribution in [0.4, 0.5) is 13.2 Å². The topological polar surface area (TPSA) is 52.7 Å². The number of Topliss-reactive ketones (excluding diaryl/α,β-unsaturated/α-hetero) is 1. The van der Waals surface area contributed by atoms with E-state index in [-0.39, 0.29) is 12.1 Å². The lowest BCUT2D eigenvalue weighted by Gasteiger charge is -2.04. The first-order chi connectivity index (χ1) is 8.79. The number of alkyl halides is 3. The SMILES string of the molecule is Cc1nnc(Cn2ccc(C(=O)C(F)(F)F)c2)n1C. The molecule has 0 radical (unpaired) electrons. The Balaban J connectivity index is 2.18. The van der Waals surface area contributed by atoms with Crippen molar-refractivity contribution < 1.29 is 18.0 Å². The molecule has 5 nitrogen and oxygen atoms in total. The molecule has 0 saturated carbocycles. The van der Waals surface area contributed by atoms with Crippen LogP contribution in [0.25, 0.3) is 0 Å². The van der Waals surface area contributed by atoms with Crippen molar-refractivity contribution in [3.63, 3.8) is 0 Å². The highest BCUT2D eigenvalue weighted by atomic mass is 19.4. The van der Waals surface area contributed by atoms with Crippen LogP contribution < -0.4 is 0 Å². The van der Waals surface area contributed by atoms with E-state index in [0.29, 0.717) is 11.6 Å². The molecule has 0 aliphatic heterocycles. The normalized spacial score (nSPS) is 11.8. The summed E-state index contributed by atoms with van der Waals surface area (Å²) in [5.41, 5.74) is -0.383. The molecule has 0 fully saturated rings. The summed E-state index contributed by atoms with van der Waals surface area (Å²) in [6, 6.07) is 1.14. The number of carbonyl (C=O) groups is 1. The summed E-state index contributed by atoms with van der Waals surface area (Å²) in [5.74, 6) is -0.548. The quantitative estimate of drug-likeness (QED) is 0.799. The second-order valence-corrected chi connectivity index (χ2v) is 4.12. The van der Waals surface area contributed by atoms with Gasteiger partial charge in [-0.05, 0) is 13.0 Å². The number of nitrogens with zero attached hydrogens (tertiary/aromatic N) is 4. The second-order valence-electron chi connectivity index (χ2n) is 4.12. The molecule has 0 bridgehead atoms. The zero-order chi connectivity index (χ0) is 14.2. The number of carbonyl (C=O) groups excluding carboxylic acids is 1. The summed E-state index contributed by atoms with van der Waals surface area (Å²) in [6.45, 7) is 2.02. The molecule has 2 aromatic heterocycles. The Labute approximate surface area is 106 Å². The number of rotatable bonds is 3. The summed E-state index contributed by atoms with van der Waals surface area (Å²) in [5, 5.41) is 7.74. The van der Waals surface area contributed by atoms with E-state index in [2.05, 4.69) is 10.2 Å². The van der Waals surface area contributed by atoms with E-state index in [1.165, 1.54) is 10.8 Å². The molecule has 0 spiro atoms. The maximum Gasteiger partial charge on any atom is 0.454 e. The molecule has 102 valence electrons. The monoisotopic (exact) mass is 272 g/mol. The first-order valence-corrected chi connectivity index (χ1v) is 5.41. The third-order valence-electron chi connectivity index (χ3n) is 2.78. The highest BCUT2D eigenvalue weighted by Crippen LogP contribution is 2.21. The molecule has 2 rings (SSSR count). The van der Waals surface area contributed by atoms with Crippen molar-refractivity contribution in [2.24, 2.45) is 7.05 Å². The number of halogens is 3. The molecule has 0 aliphatic rings. The van der Waals surface area contributed by atoms with Crippen molar-refractivity contribution >= 4 is 5.78 Å². The lowest BCUT2D eigenvalue weighted by Crippen LogP contribution is -2.22. The van der Waals surface area contributed by atoms with Gasteiger partial charge in [-0.3, -0.25) is 4.79 Å². The molecule has 0 aliphatic carbocycles. The lowest BCUT2D eigenvalue weighted by atomic mass is 10.2. The van der Waals surface area contributed by atoms with Crippen LogP contribution in [-0.2, 0) is 13.6 Å². The average molecular weight is 272 g/mol. The third kappa shape index (κ3) is 2.67. The number of hydrogen-bond acceptors (Lipinski definition) is 3. The third-order valence-corrected chi connectivity index (χ3v) is 2.78. The van der Waals surface area contributed by atoms with Crippen LogP contribution in [0.3, 0.4) is 0 Å². The highest BCUT2D eigenvalue weighted by molar-refractivity contribution is 6.00. The predicted octanol–water partition coefficient (Wildman–Crippen LogP) is 1.72. The molecule has 19 heavy (non-hydrogen) atoms. The van der Waals surface area contributed by atoms with E-state index in [0.717, 1.165) is 12.3 Å². The number of aryl methyl sites for hydroxylation is 1. The van der Waals surface area contributed by atoms with Crippen LogP contribution in [0.5, 0.6) is 0 Å². The highest BCUT2D eigenvalue weighted by Gasteiger charge is 2.39. The van der Waals surface area contributed by atoms with Crippen molar-refractivity contribution in [2.75, 3.05) is 0 Å². The predicted molar refractivity (Wildman–Crippen MR) is 59.7 cm³/mol. The fourth-order valence-corrected chi connectivity index (χ4v) is 1.59. The summed E-state index contributed by atoms with van der Waals surface area (Å²) in [4.78, 5) is 11.0. The molecule has 0 N–H and O–H groups in total. The zero-order valence-electron chi connectivity index (χ0n) is 10.3. The van der Waals surface area contributed by atoms with E-state index in [1.807, 2.05) is 0 Å². The summed E-state index contributed by atoms with van der Waals surface area (Å²) >= 11 is 0. The molecule has 0 unspecified atom stereocenters. The first-order valence-electron chi connectivity index (χ1n) is 5.41. The van der Waals surface area contributed by atoms with Crippen LogP contribution in [0.15, 0.2) is 18.5 Å². The van der Waals surface area contributed by atoms with Gasteiger partial charge in [0.15, 0.2) is 5.82 Å². The first kappa shape index (κ1) is 13.3. The average Bonchev–Trinajstić information content (AvgIpc) is 2.89. The summed E-state index contributed by atoms with van der Waals surface area (Å²) in [6.07, 6.45) is -2.30. The van der Waals surface area contributed by atoms with Crippen molar-refractivity contribution in [2.45, 2.75) is 19.6 Å². The summed E-state index contributed by atoms with van der Waals surface area (Å²) in [7, 11) is 1.76. The van der Waals surface area contributed by atoms with Crippen LogP contribution in [0.2, 0.25) is 0 Å². The molecule has 2 heterocycles. The van der Waals surface area contributed by atoms with Gasteiger partial charge in [-0.15, -0.1) is 10.2 Å². The minimum atomic E-state index is -4.85. The van der Waals surface area contributed by atoms with Crippen LogP contribution >= 0.6 is 0 Å². The van der Waals surface area contributed by atoms with Crippen LogP contribution in [0.1, 0.15) is 22.0 Å². The Kier molecular flexibility index (Phi) is 3.17. The Morgan fingerprint density at radius 2 is 2.05 bits per heavy atom. The van der Waals surface area contributed by atoms with E-state index in [4.69, 9.17) is 0 Å². The van der Waals surface area contributed by atoms with E-state index in [1.54, 1.807) is 18.5 Å². The van der Waals surface area contributed by atoms with Crippen molar-refractivity contribution in [3.05, 3.63) is 35.7 Å². The molecule has 0 amide bonds. The van der Waals surface area contributed by atoms with Gasteiger partial charge in [0.1, 0.15) is 5.82 Å². The number of aromatic nitrogens is 4. The van der Waals surface area contributed by atoms with E-state index < -0.39 is 12.0 Å². The Morgan fingerprint density at radius 1 is 1.37 bits per heavy atom. The van der Waals surface area contributed by atoms with Crippen molar-refractivity contribution in [3.8, 4) is 0 Å². The van der Waals surface area contributed by atoms with Gasteiger partial charge in [0, 0.05) is 25.0 Å². The molecule has 2 aromatic rings.